The summed E-state index contributed by atoms with van der Waals surface area (Å²) < 4.78 is 6.11. The number of fused-ring (bicyclic) bond motifs is 1. The van der Waals surface area contributed by atoms with Gasteiger partial charge in [-0.15, -0.1) is 0 Å². The van der Waals surface area contributed by atoms with Gasteiger partial charge in [-0.05, 0) is 31.0 Å². The second-order valence-electron chi connectivity index (χ2n) is 5.45. The van der Waals surface area contributed by atoms with Crippen molar-refractivity contribution in [2.75, 3.05) is 12.4 Å². The standard InChI is InChI=1S/C17H18N4O3S/c1-4-14-20-21-15(22)8-11(19-17(21)25-14)9-18-13-7-5-6-12(10(13)2)16(23)24-3/h5-8,18H,4,9H2,1-3H3. The summed E-state index contributed by atoms with van der Waals surface area (Å²) in [5.74, 6) is -0.379. The molecule has 0 aliphatic heterocycles. The van der Waals surface area contributed by atoms with Gasteiger partial charge in [0.15, 0.2) is 0 Å². The molecule has 0 saturated carbocycles. The number of esters is 1. The first kappa shape index (κ1) is 17.1. The van der Waals surface area contributed by atoms with Gasteiger partial charge >= 0.3 is 5.97 Å². The van der Waals surface area contributed by atoms with E-state index in [0.717, 1.165) is 22.7 Å². The summed E-state index contributed by atoms with van der Waals surface area (Å²) in [4.78, 5) is 29.0. The van der Waals surface area contributed by atoms with Gasteiger partial charge in [-0.25, -0.2) is 9.78 Å². The molecule has 0 atom stereocenters. The lowest BCUT2D eigenvalue weighted by Gasteiger charge is -2.12. The van der Waals surface area contributed by atoms with Crippen LogP contribution in [0.15, 0.2) is 29.1 Å². The molecule has 0 amide bonds. The predicted molar refractivity (Wildman–Crippen MR) is 96.4 cm³/mol. The zero-order valence-electron chi connectivity index (χ0n) is 14.2. The number of methoxy groups -OCH3 is 1. The molecule has 2 aromatic heterocycles. The van der Waals surface area contributed by atoms with Crippen LogP contribution in [0, 0.1) is 6.92 Å². The van der Waals surface area contributed by atoms with Crippen molar-refractivity contribution >= 4 is 28.0 Å². The second-order valence-corrected chi connectivity index (χ2v) is 6.49. The average Bonchev–Trinajstić information content (AvgIpc) is 3.04. The number of rotatable bonds is 5. The second kappa shape index (κ2) is 7.02. The molecule has 0 unspecified atom stereocenters. The van der Waals surface area contributed by atoms with Crippen molar-refractivity contribution in [3.8, 4) is 0 Å². The smallest absolute Gasteiger partial charge is 0.338 e. The van der Waals surface area contributed by atoms with E-state index in [9.17, 15) is 9.59 Å². The highest BCUT2D eigenvalue weighted by Gasteiger charge is 2.12. The van der Waals surface area contributed by atoms with Gasteiger partial charge in [-0.3, -0.25) is 4.79 Å². The molecule has 8 heteroatoms. The van der Waals surface area contributed by atoms with E-state index in [-0.39, 0.29) is 11.5 Å². The summed E-state index contributed by atoms with van der Waals surface area (Å²) in [7, 11) is 1.36. The topological polar surface area (TPSA) is 85.6 Å². The number of carbonyl (C=O) groups is 1. The fraction of sp³-hybridized carbons (Fsp3) is 0.294. The minimum atomic E-state index is -0.379. The first-order valence-electron chi connectivity index (χ1n) is 7.84. The van der Waals surface area contributed by atoms with E-state index in [0.29, 0.717) is 22.8 Å². The number of ether oxygens (including phenoxy) is 1. The lowest BCUT2D eigenvalue weighted by atomic mass is 10.1. The summed E-state index contributed by atoms with van der Waals surface area (Å²) in [5, 5.41) is 8.33. The minimum absolute atomic E-state index is 0.196. The van der Waals surface area contributed by atoms with E-state index in [4.69, 9.17) is 4.74 Å². The van der Waals surface area contributed by atoms with Crippen LogP contribution in [0.5, 0.6) is 0 Å². The Kier molecular flexibility index (Phi) is 4.80. The monoisotopic (exact) mass is 358 g/mol. The molecule has 2 heterocycles. The van der Waals surface area contributed by atoms with Gasteiger partial charge in [-0.1, -0.05) is 24.3 Å². The largest absolute Gasteiger partial charge is 0.465 e. The van der Waals surface area contributed by atoms with Crippen LogP contribution in [-0.4, -0.2) is 27.7 Å². The molecule has 0 aliphatic carbocycles. The molecule has 130 valence electrons. The van der Waals surface area contributed by atoms with E-state index in [1.807, 2.05) is 19.9 Å². The number of hydrogen-bond donors (Lipinski definition) is 1. The van der Waals surface area contributed by atoms with Crippen LogP contribution in [0.25, 0.3) is 4.96 Å². The molecular weight excluding hydrogens is 340 g/mol. The van der Waals surface area contributed by atoms with Crippen LogP contribution in [-0.2, 0) is 17.7 Å². The van der Waals surface area contributed by atoms with Gasteiger partial charge in [0, 0.05) is 11.8 Å². The molecule has 0 saturated heterocycles. The van der Waals surface area contributed by atoms with Gasteiger partial charge in [0.25, 0.3) is 5.56 Å². The molecule has 0 aliphatic rings. The molecule has 7 nitrogen and oxygen atoms in total. The molecule has 3 aromatic rings. The van der Waals surface area contributed by atoms with Crippen molar-refractivity contribution in [3.63, 3.8) is 0 Å². The predicted octanol–water partition coefficient (Wildman–Crippen LogP) is 2.42. The lowest BCUT2D eigenvalue weighted by Crippen LogP contribution is -2.17. The van der Waals surface area contributed by atoms with Crippen LogP contribution >= 0.6 is 11.3 Å². The zero-order valence-corrected chi connectivity index (χ0v) is 15.0. The van der Waals surface area contributed by atoms with Crippen LogP contribution < -0.4 is 10.9 Å². The number of hydrogen-bond acceptors (Lipinski definition) is 7. The van der Waals surface area contributed by atoms with Gasteiger partial charge in [0.2, 0.25) is 4.96 Å². The van der Waals surface area contributed by atoms with E-state index >= 15 is 0 Å². The molecular formula is C17H18N4O3S. The molecule has 1 aromatic carbocycles. The third-order valence-electron chi connectivity index (χ3n) is 3.84. The maximum Gasteiger partial charge on any atom is 0.338 e. The average molecular weight is 358 g/mol. The zero-order chi connectivity index (χ0) is 18.0. The van der Waals surface area contributed by atoms with Crippen LogP contribution in [0.1, 0.15) is 33.5 Å². The van der Waals surface area contributed by atoms with E-state index in [1.165, 1.54) is 29.0 Å². The fourth-order valence-corrected chi connectivity index (χ4v) is 3.33. The van der Waals surface area contributed by atoms with Gasteiger partial charge < -0.3 is 10.1 Å². The minimum Gasteiger partial charge on any atom is -0.465 e. The summed E-state index contributed by atoms with van der Waals surface area (Å²) in [6.45, 7) is 4.20. The number of nitrogens with one attached hydrogen (secondary N) is 1. The maximum absolute atomic E-state index is 12.2. The van der Waals surface area contributed by atoms with Crippen LogP contribution in [0.2, 0.25) is 0 Å². The molecule has 1 N–H and O–H groups in total. The number of anilines is 1. The Morgan fingerprint density at radius 1 is 1.40 bits per heavy atom. The Bertz CT molecular complexity index is 993. The quantitative estimate of drug-likeness (QED) is 0.705. The van der Waals surface area contributed by atoms with Crippen LogP contribution in [0.3, 0.4) is 0 Å². The van der Waals surface area contributed by atoms with Crippen molar-refractivity contribution in [2.24, 2.45) is 0 Å². The highest BCUT2D eigenvalue weighted by atomic mass is 32.1. The lowest BCUT2D eigenvalue weighted by molar-refractivity contribution is 0.0600. The Morgan fingerprint density at radius 2 is 2.20 bits per heavy atom. The van der Waals surface area contributed by atoms with E-state index in [1.54, 1.807) is 12.1 Å². The number of carbonyl (C=O) groups excluding carboxylic acids is 1. The van der Waals surface area contributed by atoms with Crippen molar-refractivity contribution in [1.29, 1.82) is 0 Å². The van der Waals surface area contributed by atoms with Gasteiger partial charge in [0.1, 0.15) is 5.01 Å². The highest BCUT2D eigenvalue weighted by Crippen LogP contribution is 2.20. The molecule has 0 spiro atoms. The molecule has 25 heavy (non-hydrogen) atoms. The van der Waals surface area contributed by atoms with E-state index in [2.05, 4.69) is 15.4 Å². The third kappa shape index (κ3) is 3.39. The van der Waals surface area contributed by atoms with Gasteiger partial charge in [-0.2, -0.15) is 9.61 Å². The number of nitrogens with zero attached hydrogens (tertiary/aromatic N) is 3. The van der Waals surface area contributed by atoms with Crippen LogP contribution in [0.4, 0.5) is 5.69 Å². The Labute approximate surface area is 148 Å². The van der Waals surface area contributed by atoms with Gasteiger partial charge in [0.05, 0.1) is 24.9 Å². The molecule has 0 bridgehead atoms. The SMILES string of the molecule is CCc1nn2c(=O)cc(CNc3cccc(C(=O)OC)c3C)nc2s1. The number of benzene rings is 1. The fourth-order valence-electron chi connectivity index (χ4n) is 2.47. The summed E-state index contributed by atoms with van der Waals surface area (Å²) in [5.41, 5.74) is 2.52. The Balaban J connectivity index is 1.86. The summed E-state index contributed by atoms with van der Waals surface area (Å²) >= 11 is 1.41. The van der Waals surface area contributed by atoms with Crippen molar-refractivity contribution < 1.29 is 9.53 Å². The first-order chi connectivity index (χ1) is 12.0. The Hall–Kier alpha value is -2.74. The van der Waals surface area contributed by atoms with Crippen molar-refractivity contribution in [1.82, 2.24) is 14.6 Å². The molecule has 0 fully saturated rings. The summed E-state index contributed by atoms with van der Waals surface area (Å²) in [6, 6.07) is 6.84. The number of aromatic nitrogens is 3. The van der Waals surface area contributed by atoms with Crippen molar-refractivity contribution in [3.05, 3.63) is 56.4 Å². The Morgan fingerprint density at radius 3 is 2.92 bits per heavy atom. The van der Waals surface area contributed by atoms with Crippen molar-refractivity contribution in [2.45, 2.75) is 26.8 Å². The normalized spacial score (nSPS) is 10.8. The first-order valence-corrected chi connectivity index (χ1v) is 8.65. The summed E-state index contributed by atoms with van der Waals surface area (Å²) in [6.07, 6.45) is 0.764. The maximum atomic E-state index is 12.2. The molecule has 3 rings (SSSR count). The number of aryl methyl sites for hydroxylation is 1. The third-order valence-corrected chi connectivity index (χ3v) is 4.89. The molecule has 0 radical (unpaired) electrons. The van der Waals surface area contributed by atoms with E-state index < -0.39 is 0 Å². The highest BCUT2D eigenvalue weighted by molar-refractivity contribution is 7.16.